The summed E-state index contributed by atoms with van der Waals surface area (Å²) >= 11 is 0. The minimum absolute atomic E-state index is 0.0261. The molecule has 224 valence electrons. The zero-order chi connectivity index (χ0) is 31.0. The fourth-order valence-electron chi connectivity index (χ4n) is 8.56. The van der Waals surface area contributed by atoms with Crippen LogP contribution >= 0.6 is 0 Å². The van der Waals surface area contributed by atoms with E-state index in [9.17, 15) is 39.3 Å². The van der Waals surface area contributed by atoms with E-state index in [1.165, 1.54) is 6.92 Å². The predicted octanol–water partition coefficient (Wildman–Crippen LogP) is 1.15. The number of methoxy groups -OCH3 is 2. The maximum absolute atomic E-state index is 14.1. The molecule has 0 amide bonds. The Kier molecular flexibility index (Phi) is 7.76. The average Bonchev–Trinajstić information content (AvgIpc) is 2.86. The molecule has 3 aliphatic rings. The van der Waals surface area contributed by atoms with Crippen LogP contribution in [0.5, 0.6) is 0 Å². The number of fused-ring (bicyclic) bond motifs is 3. The monoisotopic (exact) mass is 566 g/mol. The Morgan fingerprint density at radius 2 is 1.52 bits per heavy atom. The van der Waals surface area contributed by atoms with Crippen molar-refractivity contribution in [3.8, 4) is 0 Å². The normalized spacial score (nSPS) is 42.0. The molecule has 3 rings (SSSR count). The van der Waals surface area contributed by atoms with Gasteiger partial charge in [0, 0.05) is 35.5 Å². The molecule has 0 aromatic rings. The number of ketones is 2. The van der Waals surface area contributed by atoms with Crippen LogP contribution in [0.25, 0.3) is 0 Å². The Balaban J connectivity index is 2.41. The van der Waals surface area contributed by atoms with Gasteiger partial charge in [0.25, 0.3) is 0 Å². The van der Waals surface area contributed by atoms with Crippen LogP contribution in [-0.4, -0.2) is 82.9 Å². The Morgan fingerprint density at radius 3 is 2.00 bits per heavy atom. The molecule has 0 radical (unpaired) electrons. The molecule has 3 fully saturated rings. The third-order valence-electron chi connectivity index (χ3n) is 10.7. The molecular formula is C29H42O11. The summed E-state index contributed by atoms with van der Waals surface area (Å²) < 4.78 is 15.5. The average molecular weight is 567 g/mol. The molecule has 0 aliphatic heterocycles. The molecule has 11 nitrogen and oxygen atoms in total. The summed E-state index contributed by atoms with van der Waals surface area (Å²) in [6, 6.07) is 0. The van der Waals surface area contributed by atoms with E-state index >= 15 is 0 Å². The lowest BCUT2D eigenvalue weighted by Crippen LogP contribution is -2.77. The lowest BCUT2D eigenvalue weighted by Gasteiger charge is -2.70. The Morgan fingerprint density at radius 1 is 0.975 bits per heavy atom. The highest BCUT2D eigenvalue weighted by atomic mass is 16.6. The van der Waals surface area contributed by atoms with Crippen LogP contribution in [0, 0.1) is 39.4 Å². The Bertz CT molecular complexity index is 1150. The first-order chi connectivity index (χ1) is 18.1. The Labute approximate surface area is 234 Å². The highest BCUT2D eigenvalue weighted by Gasteiger charge is 2.77. The quantitative estimate of drug-likeness (QED) is 0.188. The number of carbonyl (C=O) groups is 5. The number of rotatable bonds is 5. The SMILES string of the molecule is C=C1C[C@H]2[C@@]3(C)[C@@H](O)CC(=O)C(C)(C)[C@@H]3[C@H](OC(C)=O)[C@@H](O)[C@@]2(C)[C@@H](C(=O)OC)[C@]1(C)C(=O)[C@](C)(O)C(=O)OC. The molecule has 40 heavy (non-hydrogen) atoms. The molecule has 3 saturated carbocycles. The number of carbonyl (C=O) groups excluding carboxylic acids is 5. The van der Waals surface area contributed by atoms with Crippen LogP contribution in [0.15, 0.2) is 12.2 Å². The van der Waals surface area contributed by atoms with E-state index in [0.717, 1.165) is 28.1 Å². The lowest BCUT2D eigenvalue weighted by molar-refractivity contribution is -0.288. The fourth-order valence-corrected chi connectivity index (χ4v) is 8.56. The second kappa shape index (κ2) is 9.73. The van der Waals surface area contributed by atoms with Gasteiger partial charge in [0.05, 0.1) is 37.8 Å². The minimum atomic E-state index is -2.69. The van der Waals surface area contributed by atoms with Gasteiger partial charge in [0.1, 0.15) is 11.9 Å². The number of aliphatic hydroxyl groups is 3. The van der Waals surface area contributed by atoms with Gasteiger partial charge in [-0.25, -0.2) is 4.79 Å². The maximum Gasteiger partial charge on any atom is 0.345 e. The number of hydrogen-bond donors (Lipinski definition) is 3. The van der Waals surface area contributed by atoms with E-state index in [1.54, 1.807) is 27.7 Å². The summed E-state index contributed by atoms with van der Waals surface area (Å²) in [7, 11) is 2.10. The van der Waals surface area contributed by atoms with E-state index in [1.807, 2.05) is 0 Å². The zero-order valence-corrected chi connectivity index (χ0v) is 24.7. The molecule has 10 atom stereocenters. The number of allylic oxidation sites excluding steroid dienone is 1. The van der Waals surface area contributed by atoms with Gasteiger partial charge in [-0.05, 0) is 26.2 Å². The van der Waals surface area contributed by atoms with Gasteiger partial charge in [0.15, 0.2) is 5.78 Å². The van der Waals surface area contributed by atoms with Crippen LogP contribution in [0.2, 0.25) is 0 Å². The van der Waals surface area contributed by atoms with Crippen LogP contribution in [-0.2, 0) is 38.2 Å². The third-order valence-corrected chi connectivity index (χ3v) is 10.7. The smallest absolute Gasteiger partial charge is 0.345 e. The van der Waals surface area contributed by atoms with E-state index in [-0.39, 0.29) is 24.2 Å². The van der Waals surface area contributed by atoms with Crippen LogP contribution in [0.3, 0.4) is 0 Å². The molecule has 0 unspecified atom stereocenters. The van der Waals surface area contributed by atoms with Crippen LogP contribution < -0.4 is 0 Å². The summed E-state index contributed by atoms with van der Waals surface area (Å²) in [5.74, 6) is -7.52. The molecule has 3 N–H and O–H groups in total. The molecule has 11 heteroatoms. The van der Waals surface area contributed by atoms with E-state index in [4.69, 9.17) is 9.47 Å². The topological polar surface area (TPSA) is 174 Å². The second-order valence-corrected chi connectivity index (χ2v) is 13.0. The van der Waals surface area contributed by atoms with Crippen molar-refractivity contribution in [1.82, 2.24) is 0 Å². The fraction of sp³-hybridized carbons (Fsp3) is 0.759. The van der Waals surface area contributed by atoms with Crippen LogP contribution in [0.1, 0.15) is 61.3 Å². The minimum Gasteiger partial charge on any atom is -0.469 e. The number of Topliss-reactive ketones (excluding diaryl/α,β-unsaturated/α-hetero) is 2. The first-order valence-corrected chi connectivity index (χ1v) is 13.3. The van der Waals surface area contributed by atoms with Crippen molar-refractivity contribution in [3.05, 3.63) is 12.2 Å². The first-order valence-electron chi connectivity index (χ1n) is 13.3. The number of hydrogen-bond acceptors (Lipinski definition) is 11. The van der Waals surface area contributed by atoms with Crippen molar-refractivity contribution in [3.63, 3.8) is 0 Å². The van der Waals surface area contributed by atoms with Gasteiger partial charge >= 0.3 is 17.9 Å². The van der Waals surface area contributed by atoms with Crippen molar-refractivity contribution in [2.24, 2.45) is 39.4 Å². The Hall–Kier alpha value is -2.63. The van der Waals surface area contributed by atoms with Crippen molar-refractivity contribution < 1.29 is 53.5 Å². The van der Waals surface area contributed by atoms with E-state index < -0.39 is 87.0 Å². The van der Waals surface area contributed by atoms with Crippen molar-refractivity contribution in [1.29, 1.82) is 0 Å². The van der Waals surface area contributed by atoms with Gasteiger partial charge in [0.2, 0.25) is 5.60 Å². The van der Waals surface area contributed by atoms with E-state index in [2.05, 4.69) is 11.3 Å². The number of aliphatic hydroxyl groups excluding tert-OH is 2. The summed E-state index contributed by atoms with van der Waals surface area (Å²) in [5.41, 5.74) is -8.51. The molecule has 0 aromatic heterocycles. The second-order valence-electron chi connectivity index (χ2n) is 13.0. The highest BCUT2D eigenvalue weighted by molar-refractivity contribution is 6.11. The molecule has 0 bridgehead atoms. The number of esters is 3. The van der Waals surface area contributed by atoms with Crippen molar-refractivity contribution >= 4 is 29.5 Å². The predicted molar refractivity (Wildman–Crippen MR) is 139 cm³/mol. The highest BCUT2D eigenvalue weighted by Crippen LogP contribution is 2.71. The summed E-state index contributed by atoms with van der Waals surface area (Å²) in [4.78, 5) is 65.8. The molecule has 0 saturated heterocycles. The van der Waals surface area contributed by atoms with Gasteiger partial charge in [-0.3, -0.25) is 19.2 Å². The van der Waals surface area contributed by atoms with Gasteiger partial charge < -0.3 is 29.5 Å². The van der Waals surface area contributed by atoms with Gasteiger partial charge in [-0.15, -0.1) is 0 Å². The number of ether oxygens (including phenoxy) is 3. The summed E-state index contributed by atoms with van der Waals surface area (Å²) in [5, 5.41) is 34.7. The van der Waals surface area contributed by atoms with Gasteiger partial charge in [-0.1, -0.05) is 39.8 Å². The molecule has 0 spiro atoms. The summed E-state index contributed by atoms with van der Waals surface area (Å²) in [6.45, 7) is 14.2. The standard InChI is InChI=1S/C29H42O11/c1-13-11-15-27(6)17(32)12-16(31)25(3,4)19(27)18(40-14(2)30)21(33)28(15,7)20(22(34)38-9)26(13,5)23(35)29(8,37)24(36)39-10/h15,17-21,32-33,37H,1,11-12H2,2-10H3/t15-,17-,18-,19-,20-,21+,26+,27-,28+,29-/m0/s1. The third kappa shape index (κ3) is 3.91. The summed E-state index contributed by atoms with van der Waals surface area (Å²) in [6.07, 6.45) is -4.49. The molecule has 3 aliphatic carbocycles. The largest absolute Gasteiger partial charge is 0.469 e. The van der Waals surface area contributed by atoms with Gasteiger partial charge in [-0.2, -0.15) is 0 Å². The van der Waals surface area contributed by atoms with E-state index in [0.29, 0.717) is 0 Å². The first kappa shape index (κ1) is 31.9. The van der Waals surface area contributed by atoms with Crippen LogP contribution in [0.4, 0.5) is 0 Å². The molecular weight excluding hydrogens is 524 g/mol. The zero-order valence-electron chi connectivity index (χ0n) is 24.7. The van der Waals surface area contributed by atoms with Crippen molar-refractivity contribution in [2.75, 3.05) is 14.2 Å². The molecule has 0 heterocycles. The maximum atomic E-state index is 14.1. The molecule has 0 aromatic carbocycles. The van der Waals surface area contributed by atoms with Crippen molar-refractivity contribution in [2.45, 2.75) is 85.2 Å². The lowest BCUT2D eigenvalue weighted by atomic mass is 9.34.